The van der Waals surface area contributed by atoms with Gasteiger partial charge in [0.15, 0.2) is 0 Å². The molecule has 0 radical (unpaired) electrons. The molecule has 1 spiro atoms. The fourth-order valence-electron chi connectivity index (χ4n) is 4.24. The molecule has 156 valence electrons. The van der Waals surface area contributed by atoms with Crippen LogP contribution in [0.1, 0.15) is 25.5 Å². The van der Waals surface area contributed by atoms with Gasteiger partial charge in [-0.3, -0.25) is 9.88 Å². The van der Waals surface area contributed by atoms with E-state index in [0.29, 0.717) is 26.3 Å². The number of fused-ring (bicyclic) bond motifs is 1. The molecular weight excluding hydrogens is 368 g/mol. The number of nitrogens with one attached hydrogen (secondary N) is 2. The standard InChI is InChI=1S/C22H30N4O3/c1-2-23-21(27)24-13-19-9-10-22(29-19)15-26(11-12-28-16-22)14-18-8-7-17-5-3-4-6-20(17)25-18/h3-8,19H,2,9-16H2,1H3,(H2,23,24,27)/t19-,22+/m0/s1. The first-order valence-electron chi connectivity index (χ1n) is 10.5. The number of benzene rings is 1. The van der Waals surface area contributed by atoms with Gasteiger partial charge in [0.25, 0.3) is 0 Å². The summed E-state index contributed by atoms with van der Waals surface area (Å²) in [6.45, 7) is 6.81. The Morgan fingerprint density at radius 2 is 2.17 bits per heavy atom. The van der Waals surface area contributed by atoms with E-state index in [1.165, 1.54) is 0 Å². The van der Waals surface area contributed by atoms with E-state index in [-0.39, 0.29) is 17.7 Å². The quantitative estimate of drug-likeness (QED) is 0.808. The van der Waals surface area contributed by atoms with Gasteiger partial charge in [-0.05, 0) is 31.9 Å². The largest absolute Gasteiger partial charge is 0.377 e. The number of hydrogen-bond donors (Lipinski definition) is 2. The Kier molecular flexibility index (Phi) is 6.28. The van der Waals surface area contributed by atoms with Crippen LogP contribution in [0.15, 0.2) is 36.4 Å². The smallest absolute Gasteiger partial charge is 0.314 e. The molecule has 2 amide bonds. The van der Waals surface area contributed by atoms with Gasteiger partial charge < -0.3 is 20.1 Å². The fraction of sp³-hybridized carbons (Fsp3) is 0.545. The van der Waals surface area contributed by atoms with Crippen molar-refractivity contribution in [3.63, 3.8) is 0 Å². The minimum atomic E-state index is -0.305. The van der Waals surface area contributed by atoms with Crippen molar-refractivity contribution in [3.8, 4) is 0 Å². The zero-order chi connectivity index (χ0) is 20.1. The van der Waals surface area contributed by atoms with Crippen molar-refractivity contribution in [1.82, 2.24) is 20.5 Å². The molecule has 29 heavy (non-hydrogen) atoms. The molecule has 2 saturated heterocycles. The highest BCUT2D eigenvalue weighted by Crippen LogP contribution is 2.33. The Balaban J connectivity index is 1.37. The van der Waals surface area contributed by atoms with Crippen molar-refractivity contribution in [2.45, 2.75) is 38.0 Å². The van der Waals surface area contributed by atoms with E-state index in [1.54, 1.807) is 0 Å². The molecule has 4 rings (SSSR count). The van der Waals surface area contributed by atoms with Gasteiger partial charge in [-0.2, -0.15) is 0 Å². The number of para-hydroxylation sites is 1. The predicted molar refractivity (Wildman–Crippen MR) is 112 cm³/mol. The third-order valence-corrected chi connectivity index (χ3v) is 5.64. The highest BCUT2D eigenvalue weighted by molar-refractivity contribution is 5.78. The molecule has 0 unspecified atom stereocenters. The summed E-state index contributed by atoms with van der Waals surface area (Å²) in [6.07, 6.45) is 1.90. The van der Waals surface area contributed by atoms with Gasteiger partial charge >= 0.3 is 6.03 Å². The third-order valence-electron chi connectivity index (χ3n) is 5.64. The first-order valence-corrected chi connectivity index (χ1v) is 10.5. The molecule has 7 heteroatoms. The summed E-state index contributed by atoms with van der Waals surface area (Å²) in [5.74, 6) is 0. The second kappa shape index (κ2) is 9.07. The Morgan fingerprint density at radius 3 is 3.07 bits per heavy atom. The molecule has 2 aliphatic rings. The number of hydrogen-bond acceptors (Lipinski definition) is 5. The molecule has 2 fully saturated rings. The summed E-state index contributed by atoms with van der Waals surface area (Å²) in [7, 11) is 0. The third kappa shape index (κ3) is 5.04. The normalized spacial score (nSPS) is 25.2. The van der Waals surface area contributed by atoms with Crippen LogP contribution in [0.4, 0.5) is 4.79 Å². The Bertz CT molecular complexity index is 846. The average Bonchev–Trinajstić information content (AvgIpc) is 3.01. The van der Waals surface area contributed by atoms with E-state index in [9.17, 15) is 4.79 Å². The molecule has 2 aliphatic heterocycles. The number of aromatic nitrogens is 1. The molecule has 2 N–H and O–H groups in total. The van der Waals surface area contributed by atoms with Crippen LogP contribution in [0.3, 0.4) is 0 Å². The lowest BCUT2D eigenvalue weighted by Gasteiger charge is -2.32. The Labute approximate surface area is 171 Å². The maximum absolute atomic E-state index is 11.7. The van der Waals surface area contributed by atoms with E-state index >= 15 is 0 Å². The van der Waals surface area contributed by atoms with Gasteiger partial charge in [-0.25, -0.2) is 4.79 Å². The lowest BCUT2D eigenvalue weighted by atomic mass is 10.00. The van der Waals surface area contributed by atoms with Crippen LogP contribution in [-0.4, -0.2) is 67.0 Å². The summed E-state index contributed by atoms with van der Waals surface area (Å²) >= 11 is 0. The summed E-state index contributed by atoms with van der Waals surface area (Å²) in [6, 6.07) is 12.3. The van der Waals surface area contributed by atoms with Crippen LogP contribution >= 0.6 is 0 Å². The van der Waals surface area contributed by atoms with Crippen molar-refractivity contribution in [2.75, 3.05) is 39.4 Å². The van der Waals surface area contributed by atoms with Crippen LogP contribution in [0.25, 0.3) is 10.9 Å². The molecule has 2 aromatic rings. The maximum atomic E-state index is 11.7. The number of urea groups is 1. The lowest BCUT2D eigenvalue weighted by molar-refractivity contribution is -0.0848. The van der Waals surface area contributed by atoms with Gasteiger partial charge in [0.1, 0.15) is 5.60 Å². The fourth-order valence-corrected chi connectivity index (χ4v) is 4.24. The van der Waals surface area contributed by atoms with E-state index in [0.717, 1.165) is 49.1 Å². The van der Waals surface area contributed by atoms with Gasteiger partial charge in [-0.15, -0.1) is 0 Å². The zero-order valence-electron chi connectivity index (χ0n) is 17.0. The van der Waals surface area contributed by atoms with Crippen molar-refractivity contribution in [3.05, 3.63) is 42.1 Å². The van der Waals surface area contributed by atoms with E-state index in [2.05, 4.69) is 39.8 Å². The molecule has 2 atom stereocenters. The Morgan fingerprint density at radius 1 is 1.28 bits per heavy atom. The van der Waals surface area contributed by atoms with Gasteiger partial charge in [0.05, 0.1) is 30.5 Å². The summed E-state index contributed by atoms with van der Waals surface area (Å²) < 4.78 is 12.3. The van der Waals surface area contributed by atoms with Crippen molar-refractivity contribution in [1.29, 1.82) is 0 Å². The number of nitrogens with zero attached hydrogens (tertiary/aromatic N) is 2. The minimum Gasteiger partial charge on any atom is -0.377 e. The number of pyridine rings is 1. The molecule has 1 aromatic carbocycles. The molecular formula is C22H30N4O3. The zero-order valence-corrected chi connectivity index (χ0v) is 17.0. The summed E-state index contributed by atoms with van der Waals surface area (Å²) in [4.78, 5) is 18.9. The number of amides is 2. The summed E-state index contributed by atoms with van der Waals surface area (Å²) in [5, 5.41) is 6.80. The van der Waals surface area contributed by atoms with Crippen LogP contribution in [0.5, 0.6) is 0 Å². The van der Waals surface area contributed by atoms with E-state index in [1.807, 2.05) is 19.1 Å². The molecule has 3 heterocycles. The molecule has 7 nitrogen and oxygen atoms in total. The Hall–Kier alpha value is -2.22. The lowest BCUT2D eigenvalue weighted by Crippen LogP contribution is -2.46. The van der Waals surface area contributed by atoms with Gasteiger partial charge in [0.2, 0.25) is 0 Å². The molecule has 0 aliphatic carbocycles. The van der Waals surface area contributed by atoms with Crippen molar-refractivity contribution >= 4 is 16.9 Å². The number of carbonyl (C=O) groups is 1. The SMILES string of the molecule is CCNC(=O)NC[C@@H]1CC[C@@]2(COCCN(Cc3ccc4ccccc4n3)C2)O1. The second-order valence-electron chi connectivity index (χ2n) is 7.96. The van der Waals surface area contributed by atoms with Gasteiger partial charge in [0, 0.05) is 38.1 Å². The monoisotopic (exact) mass is 398 g/mol. The van der Waals surface area contributed by atoms with E-state index < -0.39 is 0 Å². The summed E-state index contributed by atoms with van der Waals surface area (Å²) in [5.41, 5.74) is 1.79. The maximum Gasteiger partial charge on any atom is 0.314 e. The van der Waals surface area contributed by atoms with Crippen molar-refractivity contribution < 1.29 is 14.3 Å². The highest BCUT2D eigenvalue weighted by atomic mass is 16.6. The second-order valence-corrected chi connectivity index (χ2v) is 7.96. The average molecular weight is 399 g/mol. The number of ether oxygens (including phenoxy) is 2. The minimum absolute atomic E-state index is 0.0277. The van der Waals surface area contributed by atoms with Crippen LogP contribution in [0.2, 0.25) is 0 Å². The van der Waals surface area contributed by atoms with Crippen molar-refractivity contribution in [2.24, 2.45) is 0 Å². The van der Waals surface area contributed by atoms with Crippen LogP contribution in [0, 0.1) is 0 Å². The molecule has 1 aromatic heterocycles. The first-order chi connectivity index (χ1) is 14.2. The van der Waals surface area contributed by atoms with E-state index in [4.69, 9.17) is 14.5 Å². The van der Waals surface area contributed by atoms with Crippen LogP contribution in [-0.2, 0) is 16.0 Å². The van der Waals surface area contributed by atoms with Crippen LogP contribution < -0.4 is 10.6 Å². The first kappa shape index (κ1) is 20.1. The molecule has 0 saturated carbocycles. The molecule has 0 bridgehead atoms. The highest BCUT2D eigenvalue weighted by Gasteiger charge is 2.43. The number of rotatable bonds is 5. The topological polar surface area (TPSA) is 75.7 Å². The number of carbonyl (C=O) groups excluding carboxylic acids is 1. The predicted octanol–water partition coefficient (Wildman–Crippen LogP) is 2.30. The van der Waals surface area contributed by atoms with Gasteiger partial charge in [-0.1, -0.05) is 24.3 Å².